The number of carbonyl (C=O) groups is 2. The van der Waals surface area contributed by atoms with Crippen LogP contribution in [0.3, 0.4) is 0 Å². The molecular weight excluding hydrogens is 587 g/mol. The van der Waals surface area contributed by atoms with Gasteiger partial charge in [-0.2, -0.15) is 18.3 Å². The zero-order chi connectivity index (χ0) is 27.4. The fraction of sp³-hybridized carbons (Fsp3) is 0.280. The maximum Gasteiger partial charge on any atom is 0.433 e. The van der Waals surface area contributed by atoms with E-state index in [1.807, 2.05) is 0 Å². The summed E-state index contributed by atoms with van der Waals surface area (Å²) in [6.45, 7) is 2.10. The molecule has 3 heterocycles. The van der Waals surface area contributed by atoms with Crippen LogP contribution >= 0.6 is 27.3 Å². The predicted octanol–water partition coefficient (Wildman–Crippen LogP) is 5.72. The van der Waals surface area contributed by atoms with Crippen LogP contribution in [0.5, 0.6) is 5.75 Å². The van der Waals surface area contributed by atoms with Gasteiger partial charge in [0.25, 0.3) is 11.8 Å². The van der Waals surface area contributed by atoms with Gasteiger partial charge in [0.05, 0.1) is 22.8 Å². The largest absolute Gasteiger partial charge is 0.497 e. The Balaban J connectivity index is 1.58. The second kappa shape index (κ2) is 9.70. The number of nitrogens with two attached hydrogens (primary N) is 1. The quantitative estimate of drug-likeness (QED) is 0.301. The predicted molar refractivity (Wildman–Crippen MR) is 140 cm³/mol. The van der Waals surface area contributed by atoms with Crippen LogP contribution in [0, 0.1) is 5.92 Å². The standard InChI is InChI=1S/C25H21BrF3N5O3S/c1-11-3-8-14-16(9-11)38-24(18(14)21(30)35)32-23(36)20-19(26)22-31-15(12-4-6-13(37-2)7-5-12)10-17(25(27,28)29)34(22)33-20/h4-7,10-11H,3,8-9H2,1-2H3,(H2,30,35)(H,32,36)/t11-/m0/s1. The molecule has 13 heteroatoms. The number of primary amides is 1. The SMILES string of the molecule is COc1ccc(-c2cc(C(F)(F)F)n3nc(C(=O)Nc4sc5c(c4C(N)=O)CC[C@H](C)C5)c(Br)c3n2)cc1. The number of aromatic nitrogens is 3. The molecule has 0 radical (unpaired) electrons. The van der Waals surface area contributed by atoms with Crippen LogP contribution in [0.15, 0.2) is 34.8 Å². The minimum Gasteiger partial charge on any atom is -0.497 e. The van der Waals surface area contributed by atoms with Crippen LogP contribution in [0.25, 0.3) is 16.9 Å². The molecule has 198 valence electrons. The number of halogens is 4. The Hall–Kier alpha value is -3.45. The summed E-state index contributed by atoms with van der Waals surface area (Å²) >= 11 is 4.48. The molecule has 0 saturated heterocycles. The van der Waals surface area contributed by atoms with Crippen LogP contribution in [-0.2, 0) is 19.0 Å². The van der Waals surface area contributed by atoms with Crippen LogP contribution in [-0.4, -0.2) is 33.5 Å². The van der Waals surface area contributed by atoms with E-state index < -0.39 is 23.7 Å². The molecule has 0 fully saturated rings. The third-order valence-electron chi connectivity index (χ3n) is 6.41. The number of benzene rings is 1. The van der Waals surface area contributed by atoms with Crippen molar-refractivity contribution in [3.05, 3.63) is 62.2 Å². The van der Waals surface area contributed by atoms with Crippen molar-refractivity contribution in [2.75, 3.05) is 12.4 Å². The van der Waals surface area contributed by atoms with Crippen molar-refractivity contribution in [3.63, 3.8) is 0 Å². The first-order valence-electron chi connectivity index (χ1n) is 11.5. The first-order chi connectivity index (χ1) is 18.0. The normalized spacial score (nSPS) is 15.4. The molecule has 5 rings (SSSR count). The lowest BCUT2D eigenvalue weighted by Crippen LogP contribution is -2.20. The second-order valence-electron chi connectivity index (χ2n) is 9.03. The summed E-state index contributed by atoms with van der Waals surface area (Å²) in [4.78, 5) is 30.8. The Morgan fingerprint density at radius 2 is 1.97 bits per heavy atom. The lowest BCUT2D eigenvalue weighted by atomic mass is 9.88. The number of anilines is 1. The molecule has 0 aliphatic heterocycles. The third kappa shape index (κ3) is 4.64. The van der Waals surface area contributed by atoms with E-state index in [9.17, 15) is 22.8 Å². The maximum atomic E-state index is 14.1. The number of hydrogen-bond donors (Lipinski definition) is 2. The number of nitrogens with zero attached hydrogens (tertiary/aromatic N) is 3. The Bertz CT molecular complexity index is 1580. The number of ether oxygens (including phenoxy) is 1. The van der Waals surface area contributed by atoms with Crippen LogP contribution in [0.2, 0.25) is 0 Å². The van der Waals surface area contributed by atoms with E-state index in [-0.39, 0.29) is 32.1 Å². The first kappa shape index (κ1) is 26.2. The smallest absolute Gasteiger partial charge is 0.433 e. The molecule has 1 atom stereocenters. The summed E-state index contributed by atoms with van der Waals surface area (Å²) in [7, 11) is 1.48. The second-order valence-corrected chi connectivity index (χ2v) is 10.9. The number of alkyl halides is 3. The molecule has 1 aliphatic carbocycles. The highest BCUT2D eigenvalue weighted by Gasteiger charge is 2.37. The fourth-order valence-corrected chi connectivity index (χ4v) is 6.44. The summed E-state index contributed by atoms with van der Waals surface area (Å²) in [6, 6.07) is 7.25. The molecule has 0 bridgehead atoms. The zero-order valence-corrected chi connectivity index (χ0v) is 22.6. The van der Waals surface area contributed by atoms with Gasteiger partial charge in [-0.1, -0.05) is 6.92 Å². The van der Waals surface area contributed by atoms with Gasteiger partial charge >= 0.3 is 6.18 Å². The van der Waals surface area contributed by atoms with Gasteiger partial charge in [0.15, 0.2) is 17.0 Å². The molecule has 1 aliphatic rings. The average molecular weight is 608 g/mol. The van der Waals surface area contributed by atoms with Crippen molar-refractivity contribution < 1.29 is 27.5 Å². The molecule has 3 aromatic heterocycles. The van der Waals surface area contributed by atoms with Crippen LogP contribution in [0.4, 0.5) is 18.2 Å². The molecule has 4 aromatic rings. The van der Waals surface area contributed by atoms with Gasteiger partial charge in [0.1, 0.15) is 10.8 Å². The molecule has 0 spiro atoms. The van der Waals surface area contributed by atoms with E-state index in [0.717, 1.165) is 29.3 Å². The molecule has 2 amide bonds. The fourth-order valence-electron chi connectivity index (χ4n) is 4.51. The monoisotopic (exact) mass is 607 g/mol. The average Bonchev–Trinajstić information content (AvgIpc) is 3.39. The maximum absolute atomic E-state index is 14.1. The number of hydrogen-bond acceptors (Lipinski definition) is 6. The Morgan fingerprint density at radius 1 is 1.26 bits per heavy atom. The van der Waals surface area contributed by atoms with Gasteiger partial charge in [-0.25, -0.2) is 9.50 Å². The Morgan fingerprint density at radius 3 is 2.61 bits per heavy atom. The van der Waals surface area contributed by atoms with Gasteiger partial charge in [-0.15, -0.1) is 11.3 Å². The van der Waals surface area contributed by atoms with Crippen molar-refractivity contribution in [1.82, 2.24) is 14.6 Å². The van der Waals surface area contributed by atoms with E-state index in [1.165, 1.54) is 18.4 Å². The summed E-state index contributed by atoms with van der Waals surface area (Å²) in [5.41, 5.74) is 5.53. The summed E-state index contributed by atoms with van der Waals surface area (Å²) in [5, 5.41) is 6.86. The van der Waals surface area contributed by atoms with Crippen molar-refractivity contribution >= 4 is 49.7 Å². The number of thiophene rings is 1. The van der Waals surface area contributed by atoms with Gasteiger partial charge < -0.3 is 15.8 Å². The Labute approximate surface area is 227 Å². The minimum atomic E-state index is -4.79. The van der Waals surface area contributed by atoms with Crippen LogP contribution in [0.1, 0.15) is 50.3 Å². The van der Waals surface area contributed by atoms with Gasteiger partial charge in [-0.05, 0) is 77.0 Å². The molecule has 3 N–H and O–H groups in total. The lowest BCUT2D eigenvalue weighted by molar-refractivity contribution is -0.142. The highest BCUT2D eigenvalue weighted by molar-refractivity contribution is 9.10. The summed E-state index contributed by atoms with van der Waals surface area (Å²) < 4.78 is 47.8. The van der Waals surface area contributed by atoms with Crippen molar-refractivity contribution in [3.8, 4) is 17.0 Å². The van der Waals surface area contributed by atoms with E-state index in [1.54, 1.807) is 24.3 Å². The molecule has 38 heavy (non-hydrogen) atoms. The molecular formula is C25H21BrF3N5O3S. The number of methoxy groups -OCH3 is 1. The number of rotatable bonds is 5. The first-order valence-corrected chi connectivity index (χ1v) is 13.2. The summed E-state index contributed by atoms with van der Waals surface area (Å²) in [6.07, 6.45) is -2.49. The Kier molecular flexibility index (Phi) is 6.68. The van der Waals surface area contributed by atoms with Gasteiger partial charge in [-0.3, -0.25) is 9.59 Å². The molecule has 0 unspecified atom stereocenters. The minimum absolute atomic E-state index is 0.0218. The van der Waals surface area contributed by atoms with E-state index in [4.69, 9.17) is 10.5 Å². The van der Waals surface area contributed by atoms with E-state index in [2.05, 4.69) is 38.3 Å². The van der Waals surface area contributed by atoms with Crippen molar-refractivity contribution in [2.24, 2.45) is 11.7 Å². The van der Waals surface area contributed by atoms with Crippen molar-refractivity contribution in [1.29, 1.82) is 0 Å². The van der Waals surface area contributed by atoms with E-state index in [0.29, 0.717) is 28.2 Å². The summed E-state index contributed by atoms with van der Waals surface area (Å²) in [5.74, 6) is -0.512. The number of fused-ring (bicyclic) bond motifs is 2. The van der Waals surface area contributed by atoms with E-state index >= 15 is 0 Å². The molecule has 8 nitrogen and oxygen atoms in total. The number of carbonyl (C=O) groups excluding carboxylic acids is 2. The highest BCUT2D eigenvalue weighted by atomic mass is 79.9. The lowest BCUT2D eigenvalue weighted by Gasteiger charge is -2.18. The zero-order valence-electron chi connectivity index (χ0n) is 20.1. The van der Waals surface area contributed by atoms with Crippen molar-refractivity contribution in [2.45, 2.75) is 32.4 Å². The molecule has 1 aromatic carbocycles. The van der Waals surface area contributed by atoms with Gasteiger partial charge in [0, 0.05) is 10.4 Å². The third-order valence-corrected chi connectivity index (χ3v) is 8.31. The van der Waals surface area contributed by atoms with Gasteiger partial charge in [0.2, 0.25) is 0 Å². The van der Waals surface area contributed by atoms with Crippen LogP contribution < -0.4 is 15.8 Å². The molecule has 0 saturated carbocycles. The highest BCUT2D eigenvalue weighted by Crippen LogP contribution is 2.40. The number of nitrogens with one attached hydrogen (secondary N) is 1. The topological polar surface area (TPSA) is 112 Å². The number of amides is 2.